The Hall–Kier alpha value is -2.63. The number of aromatic nitrogens is 2. The summed E-state index contributed by atoms with van der Waals surface area (Å²) in [5.74, 6) is 2.59. The van der Waals surface area contributed by atoms with E-state index in [2.05, 4.69) is 48.3 Å². The van der Waals surface area contributed by atoms with Gasteiger partial charge in [-0.1, -0.05) is 29.8 Å². The highest BCUT2D eigenvalue weighted by molar-refractivity contribution is 5.74. The Labute approximate surface area is 173 Å². The standard InChI is InChI=1S/C23H31N5O/c1-4-24-23(29)28-13-11-27(12-14-28)22-20(15-18-7-5-16(2)6-8-18)17(3)25-21(26-22)19-9-10-19/h5-8,19H,4,9-15H2,1-3H3,(H,24,29). The Morgan fingerprint density at radius 1 is 1.07 bits per heavy atom. The predicted octanol–water partition coefficient (Wildman–Crippen LogP) is 3.41. The maximum absolute atomic E-state index is 12.2. The molecule has 0 unspecified atom stereocenters. The summed E-state index contributed by atoms with van der Waals surface area (Å²) in [4.78, 5) is 26.3. The van der Waals surface area contributed by atoms with Crippen LogP contribution in [-0.2, 0) is 6.42 Å². The molecule has 1 aromatic heterocycles. The van der Waals surface area contributed by atoms with Crippen LogP contribution in [-0.4, -0.2) is 53.6 Å². The lowest BCUT2D eigenvalue weighted by Crippen LogP contribution is -2.52. The van der Waals surface area contributed by atoms with Crippen molar-refractivity contribution < 1.29 is 4.79 Å². The van der Waals surface area contributed by atoms with Gasteiger partial charge in [-0.2, -0.15) is 0 Å². The molecule has 1 saturated heterocycles. The maximum Gasteiger partial charge on any atom is 0.317 e. The zero-order valence-corrected chi connectivity index (χ0v) is 17.7. The van der Waals surface area contributed by atoms with Crippen LogP contribution in [0.15, 0.2) is 24.3 Å². The SMILES string of the molecule is CCNC(=O)N1CCN(c2nc(C3CC3)nc(C)c2Cc2ccc(C)cc2)CC1. The summed E-state index contributed by atoms with van der Waals surface area (Å²) < 4.78 is 0. The van der Waals surface area contributed by atoms with E-state index in [0.717, 1.165) is 49.9 Å². The number of hydrogen-bond donors (Lipinski definition) is 1. The number of benzene rings is 1. The normalized spacial score (nSPS) is 16.8. The average molecular weight is 394 g/mol. The van der Waals surface area contributed by atoms with Crippen molar-refractivity contribution in [2.75, 3.05) is 37.6 Å². The molecule has 6 nitrogen and oxygen atoms in total. The van der Waals surface area contributed by atoms with Crippen molar-refractivity contribution in [3.8, 4) is 0 Å². The van der Waals surface area contributed by atoms with Gasteiger partial charge in [0, 0.05) is 56.3 Å². The van der Waals surface area contributed by atoms with Gasteiger partial charge in [0.25, 0.3) is 0 Å². The van der Waals surface area contributed by atoms with Gasteiger partial charge in [-0.3, -0.25) is 0 Å². The molecule has 2 amide bonds. The zero-order valence-electron chi connectivity index (χ0n) is 17.7. The molecule has 2 heterocycles. The highest BCUT2D eigenvalue weighted by Crippen LogP contribution is 2.39. The first kappa shape index (κ1) is 19.7. The van der Waals surface area contributed by atoms with E-state index in [0.29, 0.717) is 12.5 Å². The van der Waals surface area contributed by atoms with Crippen LogP contribution in [0.5, 0.6) is 0 Å². The molecule has 2 aromatic rings. The van der Waals surface area contributed by atoms with Crippen molar-refractivity contribution in [1.29, 1.82) is 0 Å². The van der Waals surface area contributed by atoms with Crippen molar-refractivity contribution in [1.82, 2.24) is 20.2 Å². The van der Waals surface area contributed by atoms with Crippen molar-refractivity contribution in [2.24, 2.45) is 0 Å². The second-order valence-electron chi connectivity index (χ2n) is 8.22. The smallest absolute Gasteiger partial charge is 0.317 e. The quantitative estimate of drug-likeness (QED) is 0.846. The summed E-state index contributed by atoms with van der Waals surface area (Å²) in [7, 11) is 0. The number of carbonyl (C=O) groups is 1. The molecule has 1 aromatic carbocycles. The van der Waals surface area contributed by atoms with E-state index < -0.39 is 0 Å². The third kappa shape index (κ3) is 4.52. The van der Waals surface area contributed by atoms with Crippen LogP contribution in [0.25, 0.3) is 0 Å². The van der Waals surface area contributed by atoms with E-state index in [1.54, 1.807) is 0 Å². The van der Waals surface area contributed by atoms with Crippen LogP contribution >= 0.6 is 0 Å². The topological polar surface area (TPSA) is 61.4 Å². The van der Waals surface area contributed by atoms with Gasteiger partial charge in [-0.05, 0) is 39.2 Å². The Balaban J connectivity index is 1.59. The zero-order chi connectivity index (χ0) is 20.4. The van der Waals surface area contributed by atoms with Gasteiger partial charge >= 0.3 is 6.03 Å². The van der Waals surface area contributed by atoms with E-state index in [9.17, 15) is 4.79 Å². The average Bonchev–Trinajstić information content (AvgIpc) is 3.56. The van der Waals surface area contributed by atoms with E-state index in [1.807, 2.05) is 11.8 Å². The number of amides is 2. The largest absolute Gasteiger partial charge is 0.353 e. The number of hydrogen-bond acceptors (Lipinski definition) is 4. The van der Waals surface area contributed by atoms with Crippen LogP contribution < -0.4 is 10.2 Å². The van der Waals surface area contributed by atoms with Crippen molar-refractivity contribution >= 4 is 11.8 Å². The lowest BCUT2D eigenvalue weighted by molar-refractivity contribution is 0.195. The number of aryl methyl sites for hydroxylation is 2. The number of piperazine rings is 1. The lowest BCUT2D eigenvalue weighted by atomic mass is 10.0. The molecule has 154 valence electrons. The fourth-order valence-corrected chi connectivity index (χ4v) is 3.89. The molecule has 2 fully saturated rings. The Bertz CT molecular complexity index is 868. The van der Waals surface area contributed by atoms with Crippen LogP contribution in [0.1, 0.15) is 53.9 Å². The van der Waals surface area contributed by atoms with E-state index in [1.165, 1.54) is 29.5 Å². The Morgan fingerprint density at radius 2 is 1.76 bits per heavy atom. The number of nitrogens with one attached hydrogen (secondary N) is 1. The van der Waals surface area contributed by atoms with Gasteiger partial charge in [0.1, 0.15) is 11.6 Å². The molecule has 4 rings (SSSR count). The maximum atomic E-state index is 12.2. The Kier molecular flexibility index (Phi) is 5.69. The second-order valence-corrected chi connectivity index (χ2v) is 8.22. The molecule has 0 spiro atoms. The molecule has 0 bridgehead atoms. The summed E-state index contributed by atoms with van der Waals surface area (Å²) in [6, 6.07) is 8.74. The molecule has 1 saturated carbocycles. The minimum atomic E-state index is 0.0320. The second kappa shape index (κ2) is 8.39. The van der Waals surface area contributed by atoms with Crippen LogP contribution in [0.2, 0.25) is 0 Å². The van der Waals surface area contributed by atoms with Gasteiger partial charge < -0.3 is 15.1 Å². The number of rotatable bonds is 5. The van der Waals surface area contributed by atoms with Gasteiger partial charge in [0.2, 0.25) is 0 Å². The van der Waals surface area contributed by atoms with Crippen LogP contribution in [0.3, 0.4) is 0 Å². The number of carbonyl (C=O) groups excluding carboxylic acids is 1. The minimum Gasteiger partial charge on any atom is -0.353 e. The minimum absolute atomic E-state index is 0.0320. The first-order valence-corrected chi connectivity index (χ1v) is 10.8. The van der Waals surface area contributed by atoms with Gasteiger partial charge in [0.05, 0.1) is 0 Å². The summed E-state index contributed by atoms with van der Waals surface area (Å²) in [5.41, 5.74) is 4.85. The first-order chi connectivity index (χ1) is 14.0. The van der Waals surface area contributed by atoms with E-state index >= 15 is 0 Å². The summed E-state index contributed by atoms with van der Waals surface area (Å²) >= 11 is 0. The summed E-state index contributed by atoms with van der Waals surface area (Å²) in [5, 5.41) is 2.90. The number of nitrogens with zero attached hydrogens (tertiary/aromatic N) is 4. The molecule has 0 atom stereocenters. The van der Waals surface area contributed by atoms with Crippen molar-refractivity contribution in [2.45, 2.75) is 46.0 Å². The molecule has 6 heteroatoms. The Morgan fingerprint density at radius 3 is 2.38 bits per heavy atom. The molecular formula is C23H31N5O. The lowest BCUT2D eigenvalue weighted by Gasteiger charge is -2.36. The summed E-state index contributed by atoms with van der Waals surface area (Å²) in [6.45, 7) is 9.89. The fourth-order valence-electron chi connectivity index (χ4n) is 3.89. The van der Waals surface area contributed by atoms with Crippen LogP contribution in [0.4, 0.5) is 10.6 Å². The van der Waals surface area contributed by atoms with Crippen LogP contribution in [0, 0.1) is 13.8 Å². The predicted molar refractivity (Wildman–Crippen MR) is 116 cm³/mol. The highest BCUT2D eigenvalue weighted by atomic mass is 16.2. The van der Waals surface area contributed by atoms with Crippen molar-refractivity contribution in [3.05, 3.63) is 52.5 Å². The molecule has 1 N–H and O–H groups in total. The molecule has 29 heavy (non-hydrogen) atoms. The van der Waals surface area contributed by atoms with E-state index in [-0.39, 0.29) is 6.03 Å². The molecule has 1 aliphatic carbocycles. The third-order valence-electron chi connectivity index (χ3n) is 5.85. The summed E-state index contributed by atoms with van der Waals surface area (Å²) in [6.07, 6.45) is 3.23. The molecule has 2 aliphatic rings. The molecule has 0 radical (unpaired) electrons. The number of anilines is 1. The molecule has 1 aliphatic heterocycles. The van der Waals surface area contributed by atoms with Gasteiger partial charge in [0.15, 0.2) is 0 Å². The number of urea groups is 1. The monoisotopic (exact) mass is 393 g/mol. The van der Waals surface area contributed by atoms with Gasteiger partial charge in [-0.15, -0.1) is 0 Å². The van der Waals surface area contributed by atoms with E-state index in [4.69, 9.17) is 9.97 Å². The fraction of sp³-hybridized carbons (Fsp3) is 0.522. The molecular weight excluding hydrogens is 362 g/mol. The van der Waals surface area contributed by atoms with Crippen molar-refractivity contribution in [3.63, 3.8) is 0 Å². The van der Waals surface area contributed by atoms with Gasteiger partial charge in [-0.25, -0.2) is 14.8 Å². The first-order valence-electron chi connectivity index (χ1n) is 10.8. The third-order valence-corrected chi connectivity index (χ3v) is 5.85. The highest BCUT2D eigenvalue weighted by Gasteiger charge is 2.30.